The van der Waals surface area contributed by atoms with Gasteiger partial charge in [0.2, 0.25) is 0 Å². The quantitative estimate of drug-likeness (QED) is 0.289. The Bertz CT molecular complexity index is 1220. The lowest BCUT2D eigenvalue weighted by Crippen LogP contribution is -1.96. The van der Waals surface area contributed by atoms with Gasteiger partial charge in [-0.2, -0.15) is 0 Å². The van der Waals surface area contributed by atoms with Crippen LogP contribution < -0.4 is 18.9 Å². The molecule has 4 rings (SSSR count). The maximum absolute atomic E-state index is 10.7. The first-order valence-electron chi connectivity index (χ1n) is 12.3. The number of methoxy groups -OCH3 is 3. The Hall–Kier alpha value is -3.41. The summed E-state index contributed by atoms with van der Waals surface area (Å²) >= 11 is 0. The van der Waals surface area contributed by atoms with Crippen LogP contribution in [0, 0.1) is 0 Å². The van der Waals surface area contributed by atoms with Gasteiger partial charge in [-0.15, -0.1) is 0 Å². The number of aromatic nitrogens is 1. The Balaban J connectivity index is 0.000000797. The fraction of sp³-hybridized carbons (Fsp3) is 0.414. The summed E-state index contributed by atoms with van der Waals surface area (Å²) in [5, 5.41) is 14.8. The summed E-state index contributed by atoms with van der Waals surface area (Å²) in [5.74, 6) is 2.57. The van der Waals surface area contributed by atoms with Gasteiger partial charge in [0.05, 0.1) is 33.5 Å². The minimum absolute atomic E-state index is 0.148. The van der Waals surface area contributed by atoms with Gasteiger partial charge >= 0.3 is 0 Å². The van der Waals surface area contributed by atoms with Crippen LogP contribution in [0.25, 0.3) is 32.4 Å². The lowest BCUT2D eigenvalue weighted by molar-refractivity contribution is 0.311. The van der Waals surface area contributed by atoms with Gasteiger partial charge < -0.3 is 24.1 Å². The van der Waals surface area contributed by atoms with E-state index in [2.05, 4.69) is 18.8 Å². The lowest BCUT2D eigenvalue weighted by atomic mass is 10.00. The second-order valence-corrected chi connectivity index (χ2v) is 7.03. The topological polar surface area (TPSA) is 70.0 Å². The van der Waals surface area contributed by atoms with Crippen LogP contribution in [0.3, 0.4) is 0 Å². The summed E-state index contributed by atoms with van der Waals surface area (Å²) < 4.78 is 22.0. The first-order valence-corrected chi connectivity index (χ1v) is 12.3. The van der Waals surface area contributed by atoms with E-state index in [0.29, 0.717) is 35.0 Å². The fourth-order valence-corrected chi connectivity index (χ4v) is 3.54. The van der Waals surface area contributed by atoms with Crippen molar-refractivity contribution in [2.45, 2.75) is 54.9 Å². The van der Waals surface area contributed by atoms with Crippen molar-refractivity contribution < 1.29 is 24.1 Å². The Morgan fingerprint density at radius 1 is 0.657 bits per heavy atom. The molecule has 1 N–H and O–H groups in total. The van der Waals surface area contributed by atoms with Gasteiger partial charge in [-0.25, -0.2) is 0 Å². The first kappa shape index (κ1) is 29.6. The number of phenols is 1. The molecule has 6 heteroatoms. The molecule has 0 radical (unpaired) electrons. The minimum atomic E-state index is 0.148. The molecular weight excluding hydrogens is 442 g/mol. The summed E-state index contributed by atoms with van der Waals surface area (Å²) in [6.07, 6.45) is 3.04. The van der Waals surface area contributed by atoms with Gasteiger partial charge in [0.1, 0.15) is 5.75 Å². The zero-order chi connectivity index (χ0) is 26.5. The molecule has 0 aliphatic heterocycles. The molecule has 4 aromatic rings. The zero-order valence-electron chi connectivity index (χ0n) is 22.9. The van der Waals surface area contributed by atoms with Crippen LogP contribution in [0.1, 0.15) is 54.9 Å². The average Bonchev–Trinajstić information content (AvgIpc) is 2.90. The molecule has 3 aromatic carbocycles. The highest BCUT2D eigenvalue weighted by atomic mass is 16.5. The molecule has 0 amide bonds. The largest absolute Gasteiger partial charge is 0.507 e. The number of ether oxygens (including phenoxy) is 4. The van der Waals surface area contributed by atoms with Crippen LogP contribution in [-0.4, -0.2) is 38.0 Å². The molecule has 1 aromatic heterocycles. The molecule has 1 heterocycles. The van der Waals surface area contributed by atoms with E-state index in [1.807, 2.05) is 52.8 Å². The number of fused-ring (bicyclic) bond motifs is 5. The number of nitrogens with zero attached hydrogens (tertiary/aromatic N) is 1. The maximum atomic E-state index is 10.7. The zero-order valence-corrected chi connectivity index (χ0v) is 22.9. The van der Waals surface area contributed by atoms with Gasteiger partial charge in [0.25, 0.3) is 0 Å². The van der Waals surface area contributed by atoms with E-state index in [1.54, 1.807) is 39.7 Å². The number of rotatable bonds is 5. The minimum Gasteiger partial charge on any atom is -0.507 e. The van der Waals surface area contributed by atoms with Crippen LogP contribution in [0.2, 0.25) is 0 Å². The van der Waals surface area contributed by atoms with Crippen LogP contribution in [-0.2, 0) is 0 Å². The monoisotopic (exact) mass is 483 g/mol. The van der Waals surface area contributed by atoms with Gasteiger partial charge in [-0.1, -0.05) is 48.0 Å². The van der Waals surface area contributed by atoms with Gasteiger partial charge in [-0.05, 0) is 42.6 Å². The van der Waals surface area contributed by atoms with Crippen molar-refractivity contribution in [3.8, 4) is 28.7 Å². The molecule has 0 atom stereocenters. The van der Waals surface area contributed by atoms with E-state index in [9.17, 15) is 5.11 Å². The smallest absolute Gasteiger partial charge is 0.161 e. The second-order valence-electron chi connectivity index (χ2n) is 7.03. The molecule has 0 aliphatic rings. The van der Waals surface area contributed by atoms with Gasteiger partial charge in [0.15, 0.2) is 23.0 Å². The Morgan fingerprint density at radius 3 is 1.66 bits per heavy atom. The molecule has 0 aliphatic carbocycles. The highest BCUT2D eigenvalue weighted by Gasteiger charge is 2.16. The summed E-state index contributed by atoms with van der Waals surface area (Å²) in [4.78, 5) is 4.66. The first-order chi connectivity index (χ1) is 17.0. The Morgan fingerprint density at radius 2 is 1.11 bits per heavy atom. The van der Waals surface area contributed by atoms with Crippen molar-refractivity contribution >= 4 is 32.4 Å². The predicted molar refractivity (Wildman–Crippen MR) is 148 cm³/mol. The summed E-state index contributed by atoms with van der Waals surface area (Å²) in [7, 11) is 4.79. The molecule has 0 bridgehead atoms. The Kier molecular flexibility index (Phi) is 12.5. The third kappa shape index (κ3) is 6.38. The van der Waals surface area contributed by atoms with Crippen molar-refractivity contribution in [2.24, 2.45) is 0 Å². The van der Waals surface area contributed by atoms with E-state index in [4.69, 9.17) is 18.9 Å². The number of hydrogen-bond donors (Lipinski definition) is 1. The van der Waals surface area contributed by atoms with Crippen molar-refractivity contribution in [1.82, 2.24) is 4.98 Å². The van der Waals surface area contributed by atoms with Crippen molar-refractivity contribution in [1.29, 1.82) is 0 Å². The molecule has 0 unspecified atom stereocenters. The molecule has 6 nitrogen and oxygen atoms in total. The number of benzene rings is 3. The van der Waals surface area contributed by atoms with Gasteiger partial charge in [0, 0.05) is 27.7 Å². The maximum Gasteiger partial charge on any atom is 0.161 e. The van der Waals surface area contributed by atoms with Crippen molar-refractivity contribution in [3.63, 3.8) is 0 Å². The molecule has 192 valence electrons. The number of phenolic OH excluding ortho intramolecular Hbond substituents is 1. The Labute approximate surface area is 209 Å². The van der Waals surface area contributed by atoms with E-state index in [1.165, 1.54) is 6.42 Å². The SMILES string of the molecule is CC.CC.CCC.CCOc1cc2c(O)cc3c4cc(OC)c(OC)cc4cnc3c2cc1OC. The number of aromatic hydroxyl groups is 1. The molecule has 0 fully saturated rings. The van der Waals surface area contributed by atoms with Crippen molar-refractivity contribution in [2.75, 3.05) is 27.9 Å². The van der Waals surface area contributed by atoms with E-state index in [-0.39, 0.29) is 5.75 Å². The summed E-state index contributed by atoms with van der Waals surface area (Å²) in [5.41, 5.74) is 0.758. The highest BCUT2D eigenvalue weighted by molar-refractivity contribution is 6.17. The summed E-state index contributed by atoms with van der Waals surface area (Å²) in [6.45, 7) is 14.7. The van der Waals surface area contributed by atoms with E-state index in [0.717, 1.165) is 27.1 Å². The molecule has 0 spiro atoms. The molecule has 0 saturated heterocycles. The molecule has 35 heavy (non-hydrogen) atoms. The fourth-order valence-electron chi connectivity index (χ4n) is 3.54. The van der Waals surface area contributed by atoms with Crippen LogP contribution in [0.4, 0.5) is 0 Å². The van der Waals surface area contributed by atoms with E-state index >= 15 is 0 Å². The third-order valence-corrected chi connectivity index (χ3v) is 4.85. The lowest BCUT2D eigenvalue weighted by Gasteiger charge is -2.14. The second kappa shape index (κ2) is 14.8. The standard InChI is InChI=1S/C22H21NO5.C3H8.2C2H6/c1-5-28-21-9-14-16(10-20(21)27-4)22-15(7-17(14)24)13-8-19(26-3)18(25-2)6-12(13)11-23-22;1-3-2;2*1-2/h6-11,24H,5H2,1-4H3;3H2,1-2H3;2*1-2H3. The number of hydrogen-bond acceptors (Lipinski definition) is 6. The average molecular weight is 484 g/mol. The van der Waals surface area contributed by atoms with Crippen LogP contribution in [0.5, 0.6) is 28.7 Å². The van der Waals surface area contributed by atoms with E-state index < -0.39 is 0 Å². The summed E-state index contributed by atoms with van der Waals surface area (Å²) in [6, 6.07) is 9.13. The number of pyridine rings is 1. The van der Waals surface area contributed by atoms with Crippen molar-refractivity contribution in [3.05, 3.63) is 36.5 Å². The molecular formula is C29H41NO5. The van der Waals surface area contributed by atoms with Crippen LogP contribution >= 0.6 is 0 Å². The van der Waals surface area contributed by atoms with Crippen LogP contribution in [0.15, 0.2) is 36.5 Å². The normalized spacial score (nSPS) is 9.77. The van der Waals surface area contributed by atoms with Gasteiger partial charge in [-0.3, -0.25) is 4.98 Å². The third-order valence-electron chi connectivity index (χ3n) is 4.85. The highest BCUT2D eigenvalue weighted by Crippen LogP contribution is 2.42. The molecule has 0 saturated carbocycles. The predicted octanol–water partition coefficient (Wildman–Crippen LogP) is 8.14.